The molecule has 0 aromatic rings. The van der Waals surface area contributed by atoms with E-state index in [0.29, 0.717) is 0 Å². The van der Waals surface area contributed by atoms with Gasteiger partial charge in [-0.05, 0) is 24.7 Å². The maximum atomic E-state index is 9.58. The number of unbranched alkanes of at least 4 members (excludes halogenated alkanes) is 1. The second-order valence-corrected chi connectivity index (χ2v) is 5.32. The van der Waals surface area contributed by atoms with Gasteiger partial charge in [0.15, 0.2) is 0 Å². The van der Waals surface area contributed by atoms with E-state index in [0.717, 1.165) is 18.3 Å². The summed E-state index contributed by atoms with van der Waals surface area (Å²) in [4.78, 5) is 19.1. The van der Waals surface area contributed by atoms with Crippen LogP contribution in [0.5, 0.6) is 0 Å². The predicted molar refractivity (Wildman–Crippen MR) is 79.6 cm³/mol. The van der Waals surface area contributed by atoms with Crippen molar-refractivity contribution in [1.29, 1.82) is 0 Å². The summed E-state index contributed by atoms with van der Waals surface area (Å²) in [6, 6.07) is 0. The third-order valence-electron chi connectivity index (χ3n) is 2.02. The van der Waals surface area contributed by atoms with Crippen molar-refractivity contribution in [2.24, 2.45) is 11.8 Å². The van der Waals surface area contributed by atoms with Gasteiger partial charge in [-0.3, -0.25) is 4.79 Å². The number of amides is 1. The zero-order chi connectivity index (χ0) is 16.0. The molecule has 0 aliphatic heterocycles. The Morgan fingerprint density at radius 3 is 2.05 bits per heavy atom. The minimum absolute atomic E-state index is 0.546. The molecular weight excluding hydrogens is 258 g/mol. The van der Waals surface area contributed by atoms with Crippen LogP contribution in [0, 0.1) is 24.2 Å². The number of rotatable bonds is 5. The second kappa shape index (κ2) is 13.7. The Hall–Kier alpha value is -1.70. The molecular formula is C15H27NO4. The normalized spacial score (nSPS) is 12.2. The minimum atomic E-state index is -1.33. The zero-order valence-corrected chi connectivity index (χ0v) is 12.7. The molecule has 0 bridgehead atoms. The predicted octanol–water partition coefficient (Wildman–Crippen LogP) is 3.20. The van der Waals surface area contributed by atoms with Crippen LogP contribution < -0.4 is 5.32 Å². The maximum absolute atomic E-state index is 9.58. The Bertz CT molecular complexity index is 287. The van der Waals surface area contributed by atoms with Crippen LogP contribution in [0.25, 0.3) is 0 Å². The molecule has 0 saturated heterocycles. The van der Waals surface area contributed by atoms with E-state index in [1.54, 1.807) is 5.32 Å². The van der Waals surface area contributed by atoms with Crippen LogP contribution in [-0.2, 0) is 4.79 Å². The number of hydrogen-bond donors (Lipinski definition) is 3. The number of aliphatic carboxylic acids is 1. The van der Waals surface area contributed by atoms with Gasteiger partial charge in [0.2, 0.25) is 0 Å². The summed E-state index contributed by atoms with van der Waals surface area (Å²) in [5, 5.41) is 17.3. The molecule has 0 radical (unpaired) electrons. The summed E-state index contributed by atoms with van der Waals surface area (Å²) in [5.41, 5.74) is 0. The molecule has 5 nitrogen and oxygen atoms in total. The molecule has 116 valence electrons. The number of terminal acetylenes is 1. The van der Waals surface area contributed by atoms with Crippen LogP contribution in [0.2, 0.25) is 0 Å². The van der Waals surface area contributed by atoms with Crippen LogP contribution in [0.1, 0.15) is 52.9 Å². The SMILES string of the molecule is C#CCCCC1CC1.CC(C)C.O=C(O)CNC(=O)O. The molecule has 1 aliphatic rings. The lowest BCUT2D eigenvalue weighted by atomic mass is 10.2. The standard InChI is InChI=1S/C8H12.C4H10.C3H5NO4/c1-2-3-4-5-8-6-7-8;1-4(2)3;5-2(6)1-4-3(7)8/h1,8H,3-7H2;4H,1-3H3;4H,1H2,(H,5,6)(H,7,8). The first-order valence-electron chi connectivity index (χ1n) is 6.91. The van der Waals surface area contributed by atoms with Crippen LogP contribution in [0.3, 0.4) is 0 Å². The van der Waals surface area contributed by atoms with Crippen molar-refractivity contribution in [2.45, 2.75) is 52.9 Å². The highest BCUT2D eigenvalue weighted by molar-refractivity contribution is 5.75. The number of carbonyl (C=O) groups is 2. The summed E-state index contributed by atoms with van der Waals surface area (Å²) in [5.74, 6) is 3.36. The molecule has 20 heavy (non-hydrogen) atoms. The van der Waals surface area contributed by atoms with E-state index in [4.69, 9.17) is 16.6 Å². The molecule has 1 aliphatic carbocycles. The van der Waals surface area contributed by atoms with E-state index < -0.39 is 18.6 Å². The van der Waals surface area contributed by atoms with Crippen LogP contribution >= 0.6 is 0 Å². The number of carboxylic acid groups (broad SMARTS) is 2. The minimum Gasteiger partial charge on any atom is -0.480 e. The summed E-state index contributed by atoms with van der Waals surface area (Å²) < 4.78 is 0. The van der Waals surface area contributed by atoms with Crippen molar-refractivity contribution in [1.82, 2.24) is 5.32 Å². The van der Waals surface area contributed by atoms with Gasteiger partial charge in [0.1, 0.15) is 6.54 Å². The topological polar surface area (TPSA) is 86.6 Å². The Kier molecular flexibility index (Phi) is 14.1. The van der Waals surface area contributed by atoms with Gasteiger partial charge in [-0.1, -0.05) is 33.6 Å². The highest BCUT2D eigenvalue weighted by Gasteiger charge is 2.19. The first-order chi connectivity index (χ1) is 9.29. The van der Waals surface area contributed by atoms with Crippen LogP contribution in [0.15, 0.2) is 0 Å². The number of nitrogens with one attached hydrogen (secondary N) is 1. The van der Waals surface area contributed by atoms with Gasteiger partial charge in [-0.2, -0.15) is 0 Å². The quantitative estimate of drug-likeness (QED) is 0.535. The highest BCUT2D eigenvalue weighted by Crippen LogP contribution is 2.33. The average Bonchev–Trinajstić information content (AvgIpc) is 3.11. The fourth-order valence-corrected chi connectivity index (χ4v) is 1.05. The van der Waals surface area contributed by atoms with Gasteiger partial charge in [0.25, 0.3) is 0 Å². The first kappa shape index (κ1) is 20.6. The lowest BCUT2D eigenvalue weighted by Gasteiger charge is -1.90. The summed E-state index contributed by atoms with van der Waals surface area (Å²) in [6.45, 7) is 5.95. The lowest BCUT2D eigenvalue weighted by Crippen LogP contribution is -2.27. The molecule has 0 atom stereocenters. The Labute approximate surface area is 121 Å². The number of hydrogen-bond acceptors (Lipinski definition) is 2. The molecule has 0 aromatic carbocycles. The largest absolute Gasteiger partial charge is 0.480 e. The molecule has 1 amide bonds. The van der Waals surface area contributed by atoms with E-state index in [9.17, 15) is 9.59 Å². The summed E-state index contributed by atoms with van der Waals surface area (Å²) in [7, 11) is 0. The van der Waals surface area contributed by atoms with E-state index in [1.807, 2.05) is 0 Å². The van der Waals surface area contributed by atoms with E-state index in [1.165, 1.54) is 25.7 Å². The molecule has 1 rings (SSSR count). The van der Waals surface area contributed by atoms with Gasteiger partial charge in [0, 0.05) is 6.42 Å². The molecule has 0 spiro atoms. The molecule has 1 saturated carbocycles. The monoisotopic (exact) mass is 285 g/mol. The third kappa shape index (κ3) is 29.9. The van der Waals surface area contributed by atoms with Gasteiger partial charge in [0.05, 0.1) is 0 Å². The van der Waals surface area contributed by atoms with E-state index in [-0.39, 0.29) is 0 Å². The molecule has 1 fully saturated rings. The van der Waals surface area contributed by atoms with Crippen molar-refractivity contribution in [3.63, 3.8) is 0 Å². The van der Waals surface area contributed by atoms with Crippen molar-refractivity contribution >= 4 is 12.1 Å². The molecule has 3 N–H and O–H groups in total. The first-order valence-corrected chi connectivity index (χ1v) is 6.91. The Morgan fingerprint density at radius 2 is 1.80 bits per heavy atom. The average molecular weight is 285 g/mol. The summed E-state index contributed by atoms with van der Waals surface area (Å²) in [6.07, 6.45) is 10.3. The molecule has 0 aromatic heterocycles. The fraction of sp³-hybridized carbons (Fsp3) is 0.733. The maximum Gasteiger partial charge on any atom is 0.405 e. The van der Waals surface area contributed by atoms with Gasteiger partial charge in [-0.25, -0.2) is 4.79 Å². The van der Waals surface area contributed by atoms with Crippen LogP contribution in [0.4, 0.5) is 4.79 Å². The molecule has 0 unspecified atom stereocenters. The fourth-order valence-electron chi connectivity index (χ4n) is 1.05. The smallest absolute Gasteiger partial charge is 0.405 e. The number of carboxylic acids is 1. The van der Waals surface area contributed by atoms with Crippen molar-refractivity contribution < 1.29 is 19.8 Å². The molecule has 5 heteroatoms. The third-order valence-corrected chi connectivity index (χ3v) is 2.02. The van der Waals surface area contributed by atoms with Crippen molar-refractivity contribution in [3.05, 3.63) is 0 Å². The van der Waals surface area contributed by atoms with Gasteiger partial charge < -0.3 is 15.5 Å². The summed E-state index contributed by atoms with van der Waals surface area (Å²) >= 11 is 0. The van der Waals surface area contributed by atoms with E-state index in [2.05, 4.69) is 26.7 Å². The Balaban J connectivity index is 0. The lowest BCUT2D eigenvalue weighted by molar-refractivity contribution is -0.135. The van der Waals surface area contributed by atoms with Gasteiger partial charge in [-0.15, -0.1) is 12.3 Å². The van der Waals surface area contributed by atoms with Gasteiger partial charge >= 0.3 is 12.1 Å². The molecule has 0 heterocycles. The highest BCUT2D eigenvalue weighted by atomic mass is 16.4. The van der Waals surface area contributed by atoms with Crippen molar-refractivity contribution in [3.8, 4) is 12.3 Å². The second-order valence-electron chi connectivity index (χ2n) is 5.32. The van der Waals surface area contributed by atoms with Crippen LogP contribution in [-0.4, -0.2) is 28.8 Å². The zero-order valence-electron chi connectivity index (χ0n) is 12.7. The Morgan fingerprint density at radius 1 is 1.30 bits per heavy atom. The van der Waals surface area contributed by atoms with Crippen molar-refractivity contribution in [2.75, 3.05) is 6.54 Å². The van der Waals surface area contributed by atoms with E-state index >= 15 is 0 Å².